The van der Waals surface area contributed by atoms with E-state index in [0.29, 0.717) is 11.5 Å². The Balaban J connectivity index is 1.92. The number of H-pyrrole nitrogens is 1. The van der Waals surface area contributed by atoms with Gasteiger partial charge < -0.3 is 9.15 Å². The molecule has 0 aliphatic rings. The van der Waals surface area contributed by atoms with Gasteiger partial charge in [-0.25, -0.2) is 4.79 Å². The fourth-order valence-electron chi connectivity index (χ4n) is 1.38. The number of halogens is 2. The summed E-state index contributed by atoms with van der Waals surface area (Å²) in [5.41, 5.74) is -0.0214. The molecule has 7 heteroatoms. The van der Waals surface area contributed by atoms with Crippen molar-refractivity contribution in [2.75, 3.05) is 0 Å². The van der Waals surface area contributed by atoms with Gasteiger partial charge in [-0.1, -0.05) is 6.07 Å². The van der Waals surface area contributed by atoms with E-state index in [4.69, 9.17) is 9.15 Å². The molecular weight excluding hydrogens is 492 g/mol. The Morgan fingerprint density at radius 2 is 2.26 bits per heavy atom. The maximum atomic E-state index is 10.8. The number of nitrogens with one attached hydrogen (secondary N) is 1. The van der Waals surface area contributed by atoms with Crippen LogP contribution >= 0.6 is 56.9 Å². The van der Waals surface area contributed by atoms with E-state index in [2.05, 4.69) is 50.2 Å². The molecule has 2 aromatic rings. The molecule has 0 amide bonds. The molecule has 0 aliphatic carbocycles. The van der Waals surface area contributed by atoms with E-state index in [1.807, 2.05) is 25.1 Å². The van der Waals surface area contributed by atoms with Gasteiger partial charge in [0.1, 0.15) is 16.9 Å². The zero-order valence-electron chi connectivity index (χ0n) is 9.98. The van der Waals surface area contributed by atoms with Crippen LogP contribution in [-0.2, 0) is 5.75 Å². The molecule has 0 saturated carbocycles. The first kappa shape index (κ1) is 15.2. The number of oxazole rings is 1. The van der Waals surface area contributed by atoms with Crippen molar-refractivity contribution in [2.45, 2.75) is 18.1 Å². The van der Waals surface area contributed by atoms with Crippen molar-refractivity contribution in [3.8, 4) is 5.75 Å². The Bertz CT molecular complexity index is 611. The average Bonchev–Trinajstić information content (AvgIpc) is 2.78. The molecule has 1 atom stereocenters. The molecule has 0 radical (unpaired) electrons. The summed E-state index contributed by atoms with van der Waals surface area (Å²) in [6.45, 7) is 1.98. The van der Waals surface area contributed by atoms with Gasteiger partial charge >= 0.3 is 5.76 Å². The summed E-state index contributed by atoms with van der Waals surface area (Å²) in [5, 5.41) is 0. The summed E-state index contributed by atoms with van der Waals surface area (Å²) < 4.78 is 13.1. The van der Waals surface area contributed by atoms with Gasteiger partial charge in [-0.05, 0) is 64.2 Å². The predicted octanol–water partition coefficient (Wildman–Crippen LogP) is 3.84. The number of benzene rings is 1. The number of hydrogen-bond acceptors (Lipinski definition) is 4. The minimum absolute atomic E-state index is 0.0214. The first-order chi connectivity index (χ1) is 9.06. The monoisotopic (exact) mass is 503 g/mol. The number of ether oxygens (including phenoxy) is 1. The van der Waals surface area contributed by atoms with Crippen LogP contribution in [-0.4, -0.2) is 10.4 Å². The molecule has 1 N–H and O–H groups in total. The average molecular weight is 503 g/mol. The summed E-state index contributed by atoms with van der Waals surface area (Å²) in [4.78, 5) is 13.3. The maximum Gasteiger partial charge on any atom is 0.416 e. The Morgan fingerprint density at radius 3 is 2.95 bits per heavy atom. The van der Waals surface area contributed by atoms with Crippen molar-refractivity contribution in [2.24, 2.45) is 0 Å². The van der Waals surface area contributed by atoms with Crippen molar-refractivity contribution in [3.63, 3.8) is 0 Å². The van der Waals surface area contributed by atoms with Gasteiger partial charge in [0, 0.05) is 9.77 Å². The number of aromatic amines is 1. The van der Waals surface area contributed by atoms with E-state index >= 15 is 0 Å². The van der Waals surface area contributed by atoms with Crippen molar-refractivity contribution in [1.82, 2.24) is 4.98 Å². The molecule has 1 aromatic carbocycles. The Labute approximate surface area is 142 Å². The van der Waals surface area contributed by atoms with Crippen molar-refractivity contribution in [1.29, 1.82) is 0 Å². The highest BCUT2D eigenvalue weighted by Crippen LogP contribution is 2.28. The second kappa shape index (κ2) is 7.02. The Morgan fingerprint density at radius 1 is 1.47 bits per heavy atom. The SMILES string of the molecule is CC(Oc1cccc(I)c1I)SCc1c[nH]c(=O)o1. The van der Waals surface area contributed by atoms with Crippen LogP contribution in [0.15, 0.2) is 33.6 Å². The quantitative estimate of drug-likeness (QED) is 0.498. The molecule has 0 spiro atoms. The van der Waals surface area contributed by atoms with Crippen molar-refractivity contribution in [3.05, 3.63) is 47.8 Å². The zero-order valence-corrected chi connectivity index (χ0v) is 15.1. The molecule has 102 valence electrons. The fraction of sp³-hybridized carbons (Fsp3) is 0.250. The molecule has 0 saturated heterocycles. The van der Waals surface area contributed by atoms with Gasteiger partial charge in [0.15, 0.2) is 0 Å². The van der Waals surface area contributed by atoms with E-state index in [-0.39, 0.29) is 5.44 Å². The molecular formula is C12H11I2NO3S. The van der Waals surface area contributed by atoms with Crippen molar-refractivity contribution < 1.29 is 9.15 Å². The molecule has 19 heavy (non-hydrogen) atoms. The Hall–Kier alpha value is -0.160. The third-order valence-corrected chi connectivity index (χ3v) is 6.30. The van der Waals surface area contributed by atoms with Crippen LogP contribution in [0.1, 0.15) is 12.7 Å². The van der Waals surface area contributed by atoms with E-state index < -0.39 is 5.76 Å². The second-order valence-corrected chi connectivity index (χ2v) is 7.22. The lowest BCUT2D eigenvalue weighted by atomic mass is 10.3. The lowest BCUT2D eigenvalue weighted by Crippen LogP contribution is -2.08. The van der Waals surface area contributed by atoms with E-state index in [1.54, 1.807) is 18.0 Å². The molecule has 1 aromatic heterocycles. The third-order valence-electron chi connectivity index (χ3n) is 2.24. The zero-order chi connectivity index (χ0) is 13.8. The van der Waals surface area contributed by atoms with E-state index in [0.717, 1.165) is 9.32 Å². The third kappa shape index (κ3) is 4.42. The number of rotatable bonds is 5. The molecule has 1 unspecified atom stereocenters. The second-order valence-electron chi connectivity index (χ2n) is 3.69. The normalized spacial score (nSPS) is 12.4. The summed E-state index contributed by atoms with van der Waals surface area (Å²) in [6, 6.07) is 5.97. The molecule has 0 fully saturated rings. The van der Waals surface area contributed by atoms with Gasteiger partial charge in [-0.3, -0.25) is 4.98 Å². The first-order valence-electron chi connectivity index (χ1n) is 5.46. The lowest BCUT2D eigenvalue weighted by molar-refractivity contribution is 0.305. The first-order valence-corrected chi connectivity index (χ1v) is 8.66. The molecule has 1 heterocycles. The van der Waals surface area contributed by atoms with Crippen LogP contribution in [0.25, 0.3) is 0 Å². The summed E-state index contributed by atoms with van der Waals surface area (Å²) in [6.07, 6.45) is 1.58. The molecule has 0 aliphatic heterocycles. The van der Waals surface area contributed by atoms with E-state index in [1.165, 1.54) is 3.57 Å². The number of thioether (sulfide) groups is 1. The minimum atomic E-state index is -0.420. The van der Waals surface area contributed by atoms with Gasteiger partial charge in [-0.15, -0.1) is 11.8 Å². The van der Waals surface area contributed by atoms with Crippen LogP contribution in [0.3, 0.4) is 0 Å². The number of aromatic nitrogens is 1. The van der Waals surface area contributed by atoms with E-state index in [9.17, 15) is 4.79 Å². The standard InChI is InChI=1S/C12H11I2NO3S/c1-7(19-6-8-5-15-12(16)18-8)17-10-4-2-3-9(13)11(10)14/h2-5,7H,6H2,1H3,(H,15,16). The van der Waals surface area contributed by atoms with Gasteiger partial charge in [0.05, 0.1) is 9.32 Å². The Kier molecular flexibility index (Phi) is 5.63. The largest absolute Gasteiger partial charge is 0.479 e. The highest BCUT2D eigenvalue weighted by molar-refractivity contribution is 14.1. The molecule has 0 bridgehead atoms. The minimum Gasteiger partial charge on any atom is -0.479 e. The van der Waals surface area contributed by atoms with Gasteiger partial charge in [0.2, 0.25) is 0 Å². The van der Waals surface area contributed by atoms with Crippen LogP contribution in [0.2, 0.25) is 0 Å². The summed E-state index contributed by atoms with van der Waals surface area (Å²) in [5.74, 6) is 1.68. The van der Waals surface area contributed by atoms with Crippen molar-refractivity contribution >= 4 is 56.9 Å². The maximum absolute atomic E-state index is 10.8. The molecule has 4 nitrogen and oxygen atoms in total. The number of hydrogen-bond donors (Lipinski definition) is 1. The molecule has 2 rings (SSSR count). The predicted molar refractivity (Wildman–Crippen MR) is 92.6 cm³/mol. The van der Waals surface area contributed by atoms with Crippen LogP contribution < -0.4 is 10.5 Å². The fourth-order valence-corrected chi connectivity index (χ4v) is 3.05. The van der Waals surface area contributed by atoms with Crippen LogP contribution in [0.4, 0.5) is 0 Å². The summed E-state index contributed by atoms with van der Waals surface area (Å²) >= 11 is 6.13. The smallest absolute Gasteiger partial charge is 0.416 e. The van der Waals surface area contributed by atoms with Crippen LogP contribution in [0.5, 0.6) is 5.75 Å². The summed E-state index contributed by atoms with van der Waals surface area (Å²) in [7, 11) is 0. The van der Waals surface area contributed by atoms with Gasteiger partial charge in [0.25, 0.3) is 0 Å². The van der Waals surface area contributed by atoms with Crippen LogP contribution in [0, 0.1) is 7.14 Å². The highest BCUT2D eigenvalue weighted by atomic mass is 127. The highest BCUT2D eigenvalue weighted by Gasteiger charge is 2.10. The topological polar surface area (TPSA) is 55.2 Å². The lowest BCUT2D eigenvalue weighted by Gasteiger charge is -2.15. The van der Waals surface area contributed by atoms with Gasteiger partial charge in [-0.2, -0.15) is 0 Å².